The summed E-state index contributed by atoms with van der Waals surface area (Å²) < 4.78 is 26.8. The molecule has 0 atom stereocenters. The van der Waals surface area contributed by atoms with E-state index in [1.54, 1.807) is 12.1 Å². The monoisotopic (exact) mass is 428 g/mol. The fourth-order valence-electron chi connectivity index (χ4n) is 2.42. The lowest BCUT2D eigenvalue weighted by Gasteiger charge is -2.09. The molecule has 0 aliphatic carbocycles. The van der Waals surface area contributed by atoms with Crippen molar-refractivity contribution in [1.29, 1.82) is 0 Å². The van der Waals surface area contributed by atoms with Crippen molar-refractivity contribution in [3.05, 3.63) is 94.4 Å². The minimum Gasteiger partial charge on any atom is -0.506 e. The van der Waals surface area contributed by atoms with Crippen molar-refractivity contribution < 1.29 is 18.3 Å². The first-order chi connectivity index (χ1) is 13.8. The SMILES string of the molecule is O=C(Nc1cc(Cl)ccc1O)c1ccc(NS(=O)(=O)/C=C/c2ccccc2)cc1. The van der Waals surface area contributed by atoms with Gasteiger partial charge in [-0.2, -0.15) is 0 Å². The first-order valence-electron chi connectivity index (χ1n) is 8.48. The molecule has 3 aromatic rings. The molecule has 0 fully saturated rings. The summed E-state index contributed by atoms with van der Waals surface area (Å²) in [5.74, 6) is -0.585. The molecule has 0 radical (unpaired) electrons. The van der Waals surface area contributed by atoms with E-state index in [1.165, 1.54) is 48.5 Å². The van der Waals surface area contributed by atoms with Gasteiger partial charge in [-0.25, -0.2) is 8.42 Å². The van der Waals surface area contributed by atoms with Crippen molar-refractivity contribution >= 4 is 45.0 Å². The van der Waals surface area contributed by atoms with Crippen LogP contribution in [0.2, 0.25) is 5.02 Å². The minimum atomic E-state index is -3.70. The molecule has 0 spiro atoms. The van der Waals surface area contributed by atoms with E-state index in [0.29, 0.717) is 10.7 Å². The summed E-state index contributed by atoms with van der Waals surface area (Å²) in [4.78, 5) is 12.3. The molecule has 0 bridgehead atoms. The second-order valence-corrected chi connectivity index (χ2v) is 8.06. The fourth-order valence-corrected chi connectivity index (χ4v) is 3.46. The predicted molar refractivity (Wildman–Crippen MR) is 116 cm³/mol. The molecule has 1 amide bonds. The quantitative estimate of drug-likeness (QED) is 0.495. The summed E-state index contributed by atoms with van der Waals surface area (Å²) in [5, 5.41) is 13.8. The van der Waals surface area contributed by atoms with Gasteiger partial charge in [0.25, 0.3) is 15.9 Å². The molecule has 3 rings (SSSR count). The molecule has 29 heavy (non-hydrogen) atoms. The third-order valence-electron chi connectivity index (χ3n) is 3.85. The number of anilines is 2. The number of benzene rings is 3. The van der Waals surface area contributed by atoms with E-state index >= 15 is 0 Å². The maximum atomic E-state index is 12.3. The Labute approximate surface area is 173 Å². The highest BCUT2D eigenvalue weighted by Gasteiger charge is 2.11. The molecule has 8 heteroatoms. The van der Waals surface area contributed by atoms with Gasteiger partial charge in [-0.15, -0.1) is 0 Å². The molecule has 3 N–H and O–H groups in total. The number of hydrogen-bond donors (Lipinski definition) is 3. The zero-order valence-electron chi connectivity index (χ0n) is 15.0. The van der Waals surface area contributed by atoms with Crippen molar-refractivity contribution in [3.63, 3.8) is 0 Å². The Morgan fingerprint density at radius 2 is 1.66 bits per heavy atom. The van der Waals surface area contributed by atoms with Crippen LogP contribution in [0.4, 0.5) is 11.4 Å². The van der Waals surface area contributed by atoms with Crippen LogP contribution >= 0.6 is 11.6 Å². The number of nitrogens with one attached hydrogen (secondary N) is 2. The van der Waals surface area contributed by atoms with Crippen molar-refractivity contribution in [2.24, 2.45) is 0 Å². The third kappa shape index (κ3) is 5.84. The zero-order chi connectivity index (χ0) is 20.9. The molecular weight excluding hydrogens is 412 g/mol. The van der Waals surface area contributed by atoms with Crippen LogP contribution in [-0.4, -0.2) is 19.4 Å². The Kier molecular flexibility index (Phi) is 6.21. The second-order valence-electron chi connectivity index (χ2n) is 6.05. The summed E-state index contributed by atoms with van der Waals surface area (Å²) in [5.41, 5.74) is 1.53. The van der Waals surface area contributed by atoms with E-state index in [9.17, 15) is 18.3 Å². The van der Waals surface area contributed by atoms with Gasteiger partial charge in [0.05, 0.1) is 11.1 Å². The highest BCUT2D eigenvalue weighted by molar-refractivity contribution is 7.95. The van der Waals surface area contributed by atoms with Crippen LogP contribution in [0.15, 0.2) is 78.2 Å². The van der Waals surface area contributed by atoms with Gasteiger partial charge in [0.2, 0.25) is 0 Å². The largest absolute Gasteiger partial charge is 0.506 e. The van der Waals surface area contributed by atoms with Crippen molar-refractivity contribution in [3.8, 4) is 5.75 Å². The highest BCUT2D eigenvalue weighted by Crippen LogP contribution is 2.27. The van der Waals surface area contributed by atoms with E-state index in [2.05, 4.69) is 10.0 Å². The van der Waals surface area contributed by atoms with Gasteiger partial charge in [0.15, 0.2) is 0 Å². The van der Waals surface area contributed by atoms with Crippen LogP contribution in [0.3, 0.4) is 0 Å². The lowest BCUT2D eigenvalue weighted by molar-refractivity contribution is 0.102. The van der Waals surface area contributed by atoms with Crippen molar-refractivity contribution in [2.45, 2.75) is 0 Å². The first kappa shape index (κ1) is 20.4. The normalized spacial score (nSPS) is 11.3. The lowest BCUT2D eigenvalue weighted by atomic mass is 10.2. The van der Waals surface area contributed by atoms with Gasteiger partial charge in [0.1, 0.15) is 5.75 Å². The van der Waals surface area contributed by atoms with E-state index in [-0.39, 0.29) is 17.0 Å². The van der Waals surface area contributed by atoms with Crippen LogP contribution in [0.25, 0.3) is 6.08 Å². The van der Waals surface area contributed by atoms with Crippen LogP contribution in [0.1, 0.15) is 15.9 Å². The highest BCUT2D eigenvalue weighted by atomic mass is 35.5. The van der Waals surface area contributed by atoms with Crippen LogP contribution in [-0.2, 0) is 10.0 Å². The smallest absolute Gasteiger partial charge is 0.255 e. The van der Waals surface area contributed by atoms with Gasteiger partial charge in [-0.1, -0.05) is 41.9 Å². The van der Waals surface area contributed by atoms with E-state index in [1.807, 2.05) is 18.2 Å². The predicted octanol–water partition coefficient (Wildman–Crippen LogP) is 4.71. The summed E-state index contributed by atoms with van der Waals surface area (Å²) in [6.07, 6.45) is 1.49. The number of phenols is 1. The van der Waals surface area contributed by atoms with E-state index in [0.717, 1.165) is 11.0 Å². The molecular formula is C21H17ClN2O4S. The van der Waals surface area contributed by atoms with Gasteiger partial charge in [-0.05, 0) is 54.1 Å². The number of amides is 1. The average molecular weight is 429 g/mol. The maximum Gasteiger partial charge on any atom is 0.255 e. The molecule has 0 unspecified atom stereocenters. The van der Waals surface area contributed by atoms with Gasteiger partial charge >= 0.3 is 0 Å². The Hall–Kier alpha value is -3.29. The van der Waals surface area contributed by atoms with E-state index in [4.69, 9.17) is 11.6 Å². The third-order valence-corrected chi connectivity index (χ3v) is 5.10. The average Bonchev–Trinajstić information content (AvgIpc) is 2.70. The standard InChI is InChI=1S/C21H17ClN2O4S/c22-17-8-11-20(25)19(14-17)23-21(26)16-6-9-18(10-7-16)24-29(27,28)13-12-15-4-2-1-3-5-15/h1-14,24-25H,(H,23,26)/b13-12+. The molecule has 0 saturated carbocycles. The number of hydrogen-bond acceptors (Lipinski definition) is 4. The van der Waals surface area contributed by atoms with Crippen LogP contribution < -0.4 is 10.0 Å². The molecule has 0 aliphatic heterocycles. The Morgan fingerprint density at radius 3 is 2.34 bits per heavy atom. The number of rotatable bonds is 6. The molecule has 0 aromatic heterocycles. The number of carbonyl (C=O) groups excluding carboxylic acids is 1. The minimum absolute atomic E-state index is 0.114. The molecule has 148 valence electrons. The number of carbonyl (C=O) groups is 1. The Bertz CT molecular complexity index is 1150. The number of aromatic hydroxyl groups is 1. The second kappa shape index (κ2) is 8.81. The lowest BCUT2D eigenvalue weighted by Crippen LogP contribution is -2.13. The number of sulfonamides is 1. The molecule has 6 nitrogen and oxygen atoms in total. The molecule has 0 heterocycles. The van der Waals surface area contributed by atoms with Crippen molar-refractivity contribution in [1.82, 2.24) is 0 Å². The Balaban J connectivity index is 1.67. The fraction of sp³-hybridized carbons (Fsp3) is 0. The van der Waals surface area contributed by atoms with Gasteiger partial charge in [0, 0.05) is 16.3 Å². The topological polar surface area (TPSA) is 95.5 Å². The summed E-state index contributed by atoms with van der Waals surface area (Å²) >= 11 is 5.86. The number of phenolic OH excluding ortho intramolecular Hbond substituents is 1. The summed E-state index contributed by atoms with van der Waals surface area (Å²) in [6, 6.07) is 19.2. The van der Waals surface area contributed by atoms with Gasteiger partial charge in [-0.3, -0.25) is 9.52 Å². The molecule has 3 aromatic carbocycles. The zero-order valence-corrected chi connectivity index (χ0v) is 16.6. The van der Waals surface area contributed by atoms with Crippen LogP contribution in [0.5, 0.6) is 5.75 Å². The van der Waals surface area contributed by atoms with Gasteiger partial charge < -0.3 is 10.4 Å². The summed E-state index contributed by atoms with van der Waals surface area (Å²) in [6.45, 7) is 0. The first-order valence-corrected chi connectivity index (χ1v) is 10.4. The molecule has 0 aliphatic rings. The Morgan fingerprint density at radius 1 is 0.966 bits per heavy atom. The van der Waals surface area contributed by atoms with E-state index < -0.39 is 15.9 Å². The molecule has 0 saturated heterocycles. The van der Waals surface area contributed by atoms with Crippen LogP contribution in [0, 0.1) is 0 Å². The number of halogens is 1. The summed E-state index contributed by atoms with van der Waals surface area (Å²) in [7, 11) is -3.70. The van der Waals surface area contributed by atoms with Crippen molar-refractivity contribution in [2.75, 3.05) is 10.0 Å². The maximum absolute atomic E-state index is 12.3.